The number of fused-ring (bicyclic) bond motifs is 1. The minimum absolute atomic E-state index is 0.00195. The van der Waals surface area contributed by atoms with Crippen LogP contribution in [0.2, 0.25) is 0 Å². The van der Waals surface area contributed by atoms with Gasteiger partial charge in [-0.15, -0.1) is 5.10 Å². The number of aromatic nitrogens is 4. The van der Waals surface area contributed by atoms with Gasteiger partial charge in [-0.05, 0) is 26.2 Å². The Bertz CT molecular complexity index is 628. The summed E-state index contributed by atoms with van der Waals surface area (Å²) >= 11 is 0. The molecule has 1 fully saturated rings. The Kier molecular flexibility index (Phi) is 3.02. The number of halogens is 3. The second kappa shape index (κ2) is 4.60. The number of hydrogen-bond acceptors (Lipinski definition) is 4. The van der Waals surface area contributed by atoms with Gasteiger partial charge in [-0.3, -0.25) is 0 Å². The Balaban J connectivity index is 2.12. The highest BCUT2D eigenvalue weighted by Gasteiger charge is 2.37. The quantitative estimate of drug-likeness (QED) is 0.807. The van der Waals surface area contributed by atoms with Crippen molar-refractivity contribution in [1.82, 2.24) is 19.6 Å². The highest BCUT2D eigenvalue weighted by atomic mass is 19.4. The second-order valence-electron chi connectivity index (χ2n) is 4.95. The molecule has 0 N–H and O–H groups in total. The van der Waals surface area contributed by atoms with Crippen LogP contribution in [0.3, 0.4) is 0 Å². The lowest BCUT2D eigenvalue weighted by Crippen LogP contribution is -2.31. The van der Waals surface area contributed by atoms with Crippen LogP contribution in [0.25, 0.3) is 5.78 Å². The van der Waals surface area contributed by atoms with Crippen LogP contribution in [0.1, 0.15) is 30.8 Å². The van der Waals surface area contributed by atoms with Gasteiger partial charge in [-0.1, -0.05) is 0 Å². The standard InChI is InChI=1S/C12H14F3N5/c1-8-7-9(19-5-3-2-4-6-19)20-11(16-8)17-10(18-20)12(13,14)15/h7H,2-6H2,1H3. The van der Waals surface area contributed by atoms with Crippen LogP contribution in [0.5, 0.6) is 0 Å². The molecule has 0 amide bonds. The summed E-state index contributed by atoms with van der Waals surface area (Å²) in [4.78, 5) is 9.56. The van der Waals surface area contributed by atoms with Gasteiger partial charge < -0.3 is 4.90 Å². The Morgan fingerprint density at radius 2 is 1.80 bits per heavy atom. The van der Waals surface area contributed by atoms with E-state index in [2.05, 4.69) is 15.1 Å². The lowest BCUT2D eigenvalue weighted by molar-refractivity contribution is -0.144. The largest absolute Gasteiger partial charge is 0.453 e. The van der Waals surface area contributed by atoms with E-state index in [1.165, 1.54) is 4.52 Å². The van der Waals surface area contributed by atoms with Crippen LogP contribution in [0.4, 0.5) is 19.0 Å². The number of aryl methyl sites for hydroxylation is 1. The molecule has 8 heteroatoms. The van der Waals surface area contributed by atoms with E-state index in [0.717, 1.165) is 32.4 Å². The van der Waals surface area contributed by atoms with Gasteiger partial charge in [0.2, 0.25) is 0 Å². The van der Waals surface area contributed by atoms with Crippen molar-refractivity contribution in [3.8, 4) is 0 Å². The zero-order valence-corrected chi connectivity index (χ0v) is 11.0. The van der Waals surface area contributed by atoms with E-state index >= 15 is 0 Å². The molecule has 0 spiro atoms. The predicted molar refractivity (Wildman–Crippen MR) is 66.6 cm³/mol. The SMILES string of the molecule is Cc1cc(N2CCCCC2)n2nc(C(F)(F)F)nc2n1. The fourth-order valence-corrected chi connectivity index (χ4v) is 2.44. The lowest BCUT2D eigenvalue weighted by atomic mass is 10.1. The van der Waals surface area contributed by atoms with E-state index in [-0.39, 0.29) is 5.78 Å². The molecule has 1 aliphatic rings. The number of piperidine rings is 1. The van der Waals surface area contributed by atoms with Crippen molar-refractivity contribution in [2.24, 2.45) is 0 Å². The topological polar surface area (TPSA) is 46.3 Å². The maximum absolute atomic E-state index is 12.7. The Morgan fingerprint density at radius 3 is 2.45 bits per heavy atom. The van der Waals surface area contributed by atoms with E-state index < -0.39 is 12.0 Å². The minimum atomic E-state index is -4.55. The first kappa shape index (κ1) is 13.1. The molecular weight excluding hydrogens is 271 g/mol. The number of anilines is 1. The molecule has 0 atom stereocenters. The second-order valence-corrected chi connectivity index (χ2v) is 4.95. The first-order valence-corrected chi connectivity index (χ1v) is 6.52. The average Bonchev–Trinajstić information content (AvgIpc) is 2.82. The Hall–Kier alpha value is -1.86. The molecule has 5 nitrogen and oxygen atoms in total. The fraction of sp³-hybridized carbons (Fsp3) is 0.583. The van der Waals surface area contributed by atoms with Crippen LogP contribution < -0.4 is 4.90 Å². The summed E-state index contributed by atoms with van der Waals surface area (Å²) in [6, 6.07) is 1.76. The summed E-state index contributed by atoms with van der Waals surface area (Å²) < 4.78 is 39.4. The zero-order chi connectivity index (χ0) is 14.3. The van der Waals surface area contributed by atoms with Gasteiger partial charge in [0.25, 0.3) is 11.6 Å². The van der Waals surface area contributed by atoms with Gasteiger partial charge in [0.05, 0.1) is 0 Å². The van der Waals surface area contributed by atoms with Crippen molar-refractivity contribution in [2.45, 2.75) is 32.4 Å². The highest BCUT2D eigenvalue weighted by molar-refractivity contribution is 5.48. The highest BCUT2D eigenvalue weighted by Crippen LogP contribution is 2.28. The molecule has 0 aromatic carbocycles. The van der Waals surface area contributed by atoms with E-state index in [4.69, 9.17) is 0 Å². The average molecular weight is 285 g/mol. The number of hydrogen-bond donors (Lipinski definition) is 0. The molecule has 3 rings (SSSR count). The van der Waals surface area contributed by atoms with E-state index in [9.17, 15) is 13.2 Å². The van der Waals surface area contributed by atoms with Crippen molar-refractivity contribution >= 4 is 11.6 Å². The Labute approximate surface area is 113 Å². The van der Waals surface area contributed by atoms with Gasteiger partial charge in [-0.25, -0.2) is 4.98 Å². The van der Waals surface area contributed by atoms with Gasteiger partial charge in [0.1, 0.15) is 5.82 Å². The summed E-state index contributed by atoms with van der Waals surface area (Å²) in [5, 5.41) is 3.58. The molecule has 1 aliphatic heterocycles. The van der Waals surface area contributed by atoms with Crippen LogP contribution in [-0.4, -0.2) is 32.7 Å². The van der Waals surface area contributed by atoms with Gasteiger partial charge in [0.15, 0.2) is 0 Å². The summed E-state index contributed by atoms with van der Waals surface area (Å²) in [6.07, 6.45) is -1.34. The molecule has 20 heavy (non-hydrogen) atoms. The maximum atomic E-state index is 12.7. The van der Waals surface area contributed by atoms with Crippen LogP contribution in [-0.2, 0) is 6.18 Å². The molecule has 0 radical (unpaired) electrons. The molecule has 1 saturated heterocycles. The van der Waals surface area contributed by atoms with Crippen molar-refractivity contribution < 1.29 is 13.2 Å². The molecule has 2 aromatic heterocycles. The number of nitrogens with zero attached hydrogens (tertiary/aromatic N) is 5. The number of alkyl halides is 3. The van der Waals surface area contributed by atoms with Crippen molar-refractivity contribution in [3.05, 3.63) is 17.6 Å². The van der Waals surface area contributed by atoms with Crippen LogP contribution >= 0.6 is 0 Å². The van der Waals surface area contributed by atoms with Crippen molar-refractivity contribution in [1.29, 1.82) is 0 Å². The third-order valence-electron chi connectivity index (χ3n) is 3.36. The molecule has 0 saturated carbocycles. The monoisotopic (exact) mass is 285 g/mol. The molecule has 3 heterocycles. The van der Waals surface area contributed by atoms with E-state index in [0.29, 0.717) is 11.5 Å². The Morgan fingerprint density at radius 1 is 1.10 bits per heavy atom. The number of rotatable bonds is 1. The fourth-order valence-electron chi connectivity index (χ4n) is 2.44. The van der Waals surface area contributed by atoms with Gasteiger partial charge in [0, 0.05) is 24.8 Å². The maximum Gasteiger partial charge on any atom is 0.453 e. The molecule has 0 aliphatic carbocycles. The molecule has 0 bridgehead atoms. The van der Waals surface area contributed by atoms with E-state index in [1.807, 2.05) is 4.90 Å². The van der Waals surface area contributed by atoms with Gasteiger partial charge in [-0.2, -0.15) is 22.7 Å². The molecule has 2 aromatic rings. The van der Waals surface area contributed by atoms with Crippen molar-refractivity contribution in [2.75, 3.05) is 18.0 Å². The smallest absolute Gasteiger partial charge is 0.356 e. The third-order valence-corrected chi connectivity index (χ3v) is 3.36. The lowest BCUT2D eigenvalue weighted by Gasteiger charge is -2.28. The molecular formula is C12H14F3N5. The first-order chi connectivity index (χ1) is 9.45. The first-order valence-electron chi connectivity index (χ1n) is 6.52. The predicted octanol–water partition coefficient (Wildman–Crippen LogP) is 2.44. The summed E-state index contributed by atoms with van der Waals surface area (Å²) in [7, 11) is 0. The summed E-state index contributed by atoms with van der Waals surface area (Å²) in [5.41, 5.74) is 0.638. The van der Waals surface area contributed by atoms with Crippen LogP contribution in [0.15, 0.2) is 6.07 Å². The van der Waals surface area contributed by atoms with Crippen molar-refractivity contribution in [3.63, 3.8) is 0 Å². The summed E-state index contributed by atoms with van der Waals surface area (Å²) in [6.45, 7) is 3.38. The third kappa shape index (κ3) is 2.30. The molecule has 0 unspecified atom stereocenters. The summed E-state index contributed by atoms with van der Waals surface area (Å²) in [5.74, 6) is -0.512. The normalized spacial score (nSPS) is 16.9. The molecule has 108 valence electrons. The minimum Gasteiger partial charge on any atom is -0.356 e. The van der Waals surface area contributed by atoms with Crippen LogP contribution in [0, 0.1) is 6.92 Å². The zero-order valence-electron chi connectivity index (χ0n) is 11.0. The van der Waals surface area contributed by atoms with Gasteiger partial charge >= 0.3 is 6.18 Å². The van der Waals surface area contributed by atoms with E-state index in [1.54, 1.807) is 13.0 Å².